The lowest BCUT2D eigenvalue weighted by molar-refractivity contribution is -0.160. The summed E-state index contributed by atoms with van der Waals surface area (Å²) in [5.41, 5.74) is 3.23. The van der Waals surface area contributed by atoms with E-state index in [0.29, 0.717) is 6.61 Å². The van der Waals surface area contributed by atoms with Crippen molar-refractivity contribution in [2.24, 2.45) is 5.41 Å². The first-order valence-corrected chi connectivity index (χ1v) is 8.80. The molecule has 23 heavy (non-hydrogen) atoms. The largest absolute Gasteiger partial charge is 0.466 e. The topological polar surface area (TPSA) is 39.2 Å². The SMILES string of the molecule is CCOC(=O)[C@@]12CCCC[C@H]1c1cc3ccccc3nc1CC2. The molecule has 0 radical (unpaired) electrons. The molecule has 2 aromatic rings. The molecule has 0 N–H and O–H groups in total. The number of para-hydroxylation sites is 1. The van der Waals surface area contributed by atoms with E-state index in [1.807, 2.05) is 13.0 Å². The molecule has 120 valence electrons. The molecule has 3 nitrogen and oxygen atoms in total. The molecular formula is C20H23NO2. The number of carbonyl (C=O) groups is 1. The maximum Gasteiger partial charge on any atom is 0.312 e. The molecule has 2 atom stereocenters. The number of esters is 1. The minimum Gasteiger partial charge on any atom is -0.466 e. The van der Waals surface area contributed by atoms with E-state index in [-0.39, 0.29) is 17.3 Å². The molecule has 1 heterocycles. The molecule has 0 saturated heterocycles. The highest BCUT2D eigenvalue weighted by Crippen LogP contribution is 2.54. The molecule has 1 fully saturated rings. The Bertz CT molecular complexity index is 754. The Morgan fingerprint density at radius 2 is 2.17 bits per heavy atom. The van der Waals surface area contributed by atoms with Gasteiger partial charge < -0.3 is 4.74 Å². The standard InChI is InChI=1S/C20H23NO2/c1-2-23-19(22)20-11-6-5-8-16(20)15-13-14-7-3-4-9-17(14)21-18(15)10-12-20/h3-4,7,9,13,16H,2,5-6,8,10-12H2,1H3/t16-,20+/m0/s1. The van der Waals surface area contributed by atoms with Crippen molar-refractivity contribution in [3.8, 4) is 0 Å². The van der Waals surface area contributed by atoms with Gasteiger partial charge in [0.05, 0.1) is 17.5 Å². The van der Waals surface area contributed by atoms with Crippen LogP contribution in [-0.4, -0.2) is 17.6 Å². The number of rotatable bonds is 2. The minimum atomic E-state index is -0.314. The number of carbonyl (C=O) groups excluding carboxylic acids is 1. The molecule has 2 aliphatic carbocycles. The van der Waals surface area contributed by atoms with Crippen molar-refractivity contribution < 1.29 is 9.53 Å². The van der Waals surface area contributed by atoms with Gasteiger partial charge in [0, 0.05) is 17.0 Å². The van der Waals surface area contributed by atoms with Crippen molar-refractivity contribution in [1.29, 1.82) is 0 Å². The normalized spacial score (nSPS) is 26.4. The van der Waals surface area contributed by atoms with Gasteiger partial charge in [-0.15, -0.1) is 0 Å². The molecule has 0 aliphatic heterocycles. The van der Waals surface area contributed by atoms with Gasteiger partial charge in [-0.05, 0) is 50.3 Å². The van der Waals surface area contributed by atoms with E-state index in [1.54, 1.807) is 0 Å². The van der Waals surface area contributed by atoms with Gasteiger partial charge in [-0.1, -0.05) is 31.0 Å². The molecule has 1 aromatic carbocycles. The zero-order chi connectivity index (χ0) is 15.9. The number of nitrogens with zero attached hydrogens (tertiary/aromatic N) is 1. The summed E-state index contributed by atoms with van der Waals surface area (Å²) in [4.78, 5) is 17.7. The molecule has 4 rings (SSSR count). The number of hydrogen-bond donors (Lipinski definition) is 0. The fraction of sp³-hybridized carbons (Fsp3) is 0.500. The zero-order valence-corrected chi connectivity index (χ0v) is 13.7. The van der Waals surface area contributed by atoms with E-state index >= 15 is 0 Å². The Labute approximate surface area is 137 Å². The van der Waals surface area contributed by atoms with E-state index in [4.69, 9.17) is 9.72 Å². The number of fused-ring (bicyclic) bond motifs is 4. The average Bonchev–Trinajstić information content (AvgIpc) is 2.60. The molecule has 1 aromatic heterocycles. The highest BCUT2D eigenvalue weighted by molar-refractivity contribution is 5.82. The van der Waals surface area contributed by atoms with Crippen LogP contribution in [0.2, 0.25) is 0 Å². The van der Waals surface area contributed by atoms with Gasteiger partial charge in [0.2, 0.25) is 0 Å². The van der Waals surface area contributed by atoms with Crippen LogP contribution in [0.25, 0.3) is 10.9 Å². The first kappa shape index (κ1) is 14.7. The summed E-state index contributed by atoms with van der Waals surface area (Å²) in [7, 11) is 0. The van der Waals surface area contributed by atoms with Crippen LogP contribution in [0.3, 0.4) is 0 Å². The summed E-state index contributed by atoms with van der Waals surface area (Å²) in [6, 6.07) is 10.6. The highest BCUT2D eigenvalue weighted by Gasteiger charge is 2.51. The van der Waals surface area contributed by atoms with Crippen molar-refractivity contribution in [2.45, 2.75) is 51.4 Å². The third-order valence-electron chi connectivity index (χ3n) is 5.73. The average molecular weight is 309 g/mol. The van der Waals surface area contributed by atoms with E-state index < -0.39 is 0 Å². The van der Waals surface area contributed by atoms with Crippen LogP contribution in [0.5, 0.6) is 0 Å². The Balaban J connectivity index is 1.83. The summed E-state index contributed by atoms with van der Waals surface area (Å²) >= 11 is 0. The maximum absolute atomic E-state index is 12.8. The van der Waals surface area contributed by atoms with E-state index in [9.17, 15) is 4.79 Å². The predicted octanol–water partition coefficient (Wildman–Crippen LogP) is 4.39. The molecule has 1 saturated carbocycles. The van der Waals surface area contributed by atoms with Gasteiger partial charge in [-0.2, -0.15) is 0 Å². The van der Waals surface area contributed by atoms with E-state index in [2.05, 4.69) is 24.3 Å². The fourth-order valence-electron chi connectivity index (χ4n) is 4.63. The zero-order valence-electron chi connectivity index (χ0n) is 13.7. The summed E-state index contributed by atoms with van der Waals surface area (Å²) in [6.45, 7) is 2.37. The predicted molar refractivity (Wildman–Crippen MR) is 90.3 cm³/mol. The molecule has 0 amide bonds. The molecule has 0 unspecified atom stereocenters. The first-order valence-electron chi connectivity index (χ1n) is 8.80. The van der Waals surface area contributed by atoms with Crippen molar-refractivity contribution in [2.75, 3.05) is 6.61 Å². The molecule has 2 aliphatic rings. The van der Waals surface area contributed by atoms with Crippen molar-refractivity contribution in [1.82, 2.24) is 4.98 Å². The summed E-state index contributed by atoms with van der Waals surface area (Å²) in [6.07, 6.45) is 6.13. The Morgan fingerprint density at radius 3 is 3.04 bits per heavy atom. The molecule has 0 bridgehead atoms. The quantitative estimate of drug-likeness (QED) is 0.772. The lowest BCUT2D eigenvalue weighted by Crippen LogP contribution is -2.44. The number of aryl methyl sites for hydroxylation is 1. The number of aromatic nitrogens is 1. The van der Waals surface area contributed by atoms with E-state index in [0.717, 1.165) is 37.6 Å². The molecule has 0 spiro atoms. The summed E-state index contributed by atoms with van der Waals surface area (Å²) in [5.74, 6) is 0.291. The first-order chi connectivity index (χ1) is 11.2. The van der Waals surface area contributed by atoms with Gasteiger partial charge >= 0.3 is 5.97 Å². The van der Waals surface area contributed by atoms with Gasteiger partial charge in [0.1, 0.15) is 0 Å². The van der Waals surface area contributed by atoms with Crippen LogP contribution in [0.4, 0.5) is 0 Å². The summed E-state index contributed by atoms with van der Waals surface area (Å²) in [5, 5.41) is 1.18. The van der Waals surface area contributed by atoms with Crippen LogP contribution in [0.15, 0.2) is 30.3 Å². The van der Waals surface area contributed by atoms with Crippen LogP contribution in [-0.2, 0) is 16.0 Å². The molecule has 3 heteroatoms. The van der Waals surface area contributed by atoms with Gasteiger partial charge in [0.25, 0.3) is 0 Å². The third-order valence-corrected chi connectivity index (χ3v) is 5.73. The molecular weight excluding hydrogens is 286 g/mol. The van der Waals surface area contributed by atoms with Gasteiger partial charge in [-0.3, -0.25) is 9.78 Å². The lowest BCUT2D eigenvalue weighted by Gasteiger charge is -2.45. The second kappa shape index (κ2) is 5.63. The second-order valence-electron chi connectivity index (χ2n) is 6.89. The lowest BCUT2D eigenvalue weighted by atomic mass is 9.58. The maximum atomic E-state index is 12.8. The van der Waals surface area contributed by atoms with Crippen LogP contribution < -0.4 is 0 Å². The third kappa shape index (κ3) is 2.25. The second-order valence-corrected chi connectivity index (χ2v) is 6.89. The number of pyridine rings is 1. The van der Waals surface area contributed by atoms with Crippen molar-refractivity contribution >= 4 is 16.9 Å². The van der Waals surface area contributed by atoms with Crippen molar-refractivity contribution in [3.63, 3.8) is 0 Å². The Morgan fingerprint density at radius 1 is 1.30 bits per heavy atom. The van der Waals surface area contributed by atoms with Crippen LogP contribution in [0.1, 0.15) is 56.2 Å². The highest BCUT2D eigenvalue weighted by atomic mass is 16.5. The number of benzene rings is 1. The fourth-order valence-corrected chi connectivity index (χ4v) is 4.63. The monoisotopic (exact) mass is 309 g/mol. The van der Waals surface area contributed by atoms with E-state index in [1.165, 1.54) is 23.1 Å². The van der Waals surface area contributed by atoms with Gasteiger partial charge in [-0.25, -0.2) is 0 Å². The Hall–Kier alpha value is -1.90. The summed E-state index contributed by atoms with van der Waals surface area (Å²) < 4.78 is 5.48. The minimum absolute atomic E-state index is 0.0171. The van der Waals surface area contributed by atoms with Crippen molar-refractivity contribution in [3.05, 3.63) is 41.6 Å². The van der Waals surface area contributed by atoms with Crippen LogP contribution in [0, 0.1) is 5.41 Å². The Kier molecular flexibility index (Phi) is 3.59. The number of ether oxygens (including phenoxy) is 1. The van der Waals surface area contributed by atoms with Gasteiger partial charge in [0.15, 0.2) is 0 Å². The number of hydrogen-bond acceptors (Lipinski definition) is 3. The smallest absolute Gasteiger partial charge is 0.312 e. The van der Waals surface area contributed by atoms with Crippen LogP contribution >= 0.6 is 0 Å².